The standard InChI is InChI=1S/C19H25N5/c1-6-24-12-21-18(15(24)5)19(22-14(4)13(2)3)23-17-10-8-7-9-16(17)11-20/h7-13,20,23H,5-6H2,1-4H3/b19-18-,20-11?,22-14-. The molecule has 2 rings (SSSR count). The van der Waals surface area contributed by atoms with E-state index in [1.807, 2.05) is 35.8 Å². The maximum atomic E-state index is 7.58. The van der Waals surface area contributed by atoms with Crippen molar-refractivity contribution in [2.45, 2.75) is 34.2 Å². The molecule has 5 nitrogen and oxygen atoms in total. The summed E-state index contributed by atoms with van der Waals surface area (Å²) < 4.78 is 1.99. The van der Waals surface area contributed by atoms with Crippen molar-refractivity contribution >= 4 is 30.0 Å². The molecule has 1 heterocycles. The average Bonchev–Trinajstić information content (AvgIpc) is 2.95. The Balaban J connectivity index is 2.64. The number of aliphatic imine (C=N–C) groups is 1. The molecule has 0 amide bonds. The fourth-order valence-electron chi connectivity index (χ4n) is 2.19. The summed E-state index contributed by atoms with van der Waals surface area (Å²) in [4.78, 5) is 9.24. The van der Waals surface area contributed by atoms with Gasteiger partial charge in [0.25, 0.3) is 0 Å². The predicted octanol–water partition coefficient (Wildman–Crippen LogP) is 2.61. The van der Waals surface area contributed by atoms with Crippen molar-refractivity contribution in [3.8, 4) is 0 Å². The number of benzene rings is 1. The molecule has 0 atom stereocenters. The molecule has 2 aromatic rings. The minimum atomic E-state index is 0.335. The summed E-state index contributed by atoms with van der Waals surface area (Å²) in [5, 5.41) is 12.5. The molecular formula is C19H25N5. The van der Waals surface area contributed by atoms with Crippen molar-refractivity contribution in [3.63, 3.8) is 0 Å². The molecule has 0 fully saturated rings. The van der Waals surface area contributed by atoms with Gasteiger partial charge in [-0.25, -0.2) is 9.98 Å². The Morgan fingerprint density at radius 3 is 2.71 bits per heavy atom. The third-order valence-electron chi connectivity index (χ3n) is 4.00. The molecule has 0 bridgehead atoms. The van der Waals surface area contributed by atoms with Gasteiger partial charge in [0.1, 0.15) is 5.35 Å². The van der Waals surface area contributed by atoms with Gasteiger partial charge in [-0.05, 0) is 25.8 Å². The van der Waals surface area contributed by atoms with Gasteiger partial charge in [-0.2, -0.15) is 0 Å². The maximum Gasteiger partial charge on any atom is 0.158 e. The molecule has 5 heteroatoms. The van der Waals surface area contributed by atoms with Gasteiger partial charge < -0.3 is 15.3 Å². The molecule has 126 valence electrons. The number of anilines is 1. The zero-order valence-electron chi connectivity index (χ0n) is 14.8. The Hall–Kier alpha value is -2.69. The second kappa shape index (κ2) is 7.73. The highest BCUT2D eigenvalue weighted by atomic mass is 15.1. The van der Waals surface area contributed by atoms with E-state index in [1.165, 1.54) is 6.21 Å². The van der Waals surface area contributed by atoms with E-state index in [2.05, 4.69) is 37.7 Å². The van der Waals surface area contributed by atoms with E-state index in [1.54, 1.807) is 6.33 Å². The number of para-hydroxylation sites is 1. The summed E-state index contributed by atoms with van der Waals surface area (Å²) >= 11 is 0. The van der Waals surface area contributed by atoms with Gasteiger partial charge in [0.05, 0.1) is 11.7 Å². The molecular weight excluding hydrogens is 298 g/mol. The van der Waals surface area contributed by atoms with Crippen LogP contribution in [0.2, 0.25) is 0 Å². The first-order chi connectivity index (χ1) is 11.5. The van der Waals surface area contributed by atoms with Crippen LogP contribution in [0.15, 0.2) is 35.6 Å². The Morgan fingerprint density at radius 1 is 1.42 bits per heavy atom. The van der Waals surface area contributed by atoms with Crippen LogP contribution in [0.3, 0.4) is 0 Å². The molecule has 0 aliphatic carbocycles. The van der Waals surface area contributed by atoms with Gasteiger partial charge in [-0.1, -0.05) is 38.6 Å². The lowest BCUT2D eigenvalue weighted by Crippen LogP contribution is -2.32. The smallest absolute Gasteiger partial charge is 0.158 e. The molecule has 1 aromatic carbocycles. The Labute approximate surface area is 143 Å². The van der Waals surface area contributed by atoms with Crippen LogP contribution in [0.1, 0.15) is 33.3 Å². The molecule has 0 radical (unpaired) electrons. The number of aryl methyl sites for hydroxylation is 1. The molecule has 0 saturated carbocycles. The normalized spacial score (nSPS) is 13.1. The lowest BCUT2D eigenvalue weighted by molar-refractivity contribution is 0.740. The minimum absolute atomic E-state index is 0.335. The van der Waals surface area contributed by atoms with Crippen molar-refractivity contribution in [3.05, 3.63) is 46.9 Å². The molecule has 0 aliphatic heterocycles. The monoisotopic (exact) mass is 323 g/mol. The summed E-state index contributed by atoms with van der Waals surface area (Å²) in [5.74, 6) is 0.994. The summed E-state index contributed by atoms with van der Waals surface area (Å²) in [6, 6.07) is 7.66. The number of rotatable bonds is 6. The topological polar surface area (TPSA) is 66.1 Å². The fourth-order valence-corrected chi connectivity index (χ4v) is 2.19. The van der Waals surface area contributed by atoms with E-state index in [0.717, 1.165) is 34.2 Å². The molecule has 0 aliphatic rings. The van der Waals surface area contributed by atoms with Gasteiger partial charge in [0.15, 0.2) is 5.82 Å². The molecule has 0 spiro atoms. The molecule has 24 heavy (non-hydrogen) atoms. The lowest BCUT2D eigenvalue weighted by atomic mass is 10.1. The quantitative estimate of drug-likeness (QED) is 0.803. The van der Waals surface area contributed by atoms with Crippen LogP contribution >= 0.6 is 0 Å². The van der Waals surface area contributed by atoms with Crippen LogP contribution in [0.5, 0.6) is 0 Å². The fraction of sp³-hybridized carbons (Fsp3) is 0.316. The highest BCUT2D eigenvalue weighted by Crippen LogP contribution is 2.16. The summed E-state index contributed by atoms with van der Waals surface area (Å²) in [6.07, 6.45) is 3.11. The minimum Gasteiger partial charge on any atom is -0.338 e. The van der Waals surface area contributed by atoms with Gasteiger partial charge in [0, 0.05) is 29.7 Å². The first-order valence-electron chi connectivity index (χ1n) is 8.14. The van der Waals surface area contributed by atoms with Gasteiger partial charge in [-0.15, -0.1) is 0 Å². The third kappa shape index (κ3) is 3.79. The van der Waals surface area contributed by atoms with Crippen molar-refractivity contribution in [1.82, 2.24) is 9.55 Å². The second-order valence-corrected chi connectivity index (χ2v) is 5.94. The van der Waals surface area contributed by atoms with E-state index < -0.39 is 0 Å². The summed E-state index contributed by atoms with van der Waals surface area (Å²) in [7, 11) is 0. The summed E-state index contributed by atoms with van der Waals surface area (Å²) in [6.45, 7) is 13.2. The SMILES string of the molecule is C=c1/c(=C(\N=C(\C)C(C)C)Nc2ccccc2C=N)ncn1CC. The van der Waals surface area contributed by atoms with E-state index >= 15 is 0 Å². The number of hydrogen-bond acceptors (Lipinski definition) is 4. The van der Waals surface area contributed by atoms with Crippen LogP contribution < -0.4 is 16.0 Å². The van der Waals surface area contributed by atoms with Gasteiger partial charge >= 0.3 is 0 Å². The summed E-state index contributed by atoms with van der Waals surface area (Å²) in [5.41, 5.74) is 2.64. The highest BCUT2D eigenvalue weighted by molar-refractivity contribution is 5.91. The average molecular weight is 323 g/mol. The number of nitrogens with zero attached hydrogens (tertiary/aromatic N) is 3. The number of nitrogens with one attached hydrogen (secondary N) is 2. The Morgan fingerprint density at radius 2 is 2.12 bits per heavy atom. The molecule has 0 saturated heterocycles. The largest absolute Gasteiger partial charge is 0.338 e. The first kappa shape index (κ1) is 17.7. The Bertz CT molecular complexity index is 858. The van der Waals surface area contributed by atoms with E-state index in [0.29, 0.717) is 11.7 Å². The second-order valence-electron chi connectivity index (χ2n) is 5.94. The van der Waals surface area contributed by atoms with Crippen molar-refractivity contribution in [1.29, 1.82) is 5.41 Å². The predicted molar refractivity (Wildman–Crippen MR) is 102 cm³/mol. The maximum absolute atomic E-state index is 7.58. The number of imidazole rings is 1. The van der Waals surface area contributed by atoms with Crippen LogP contribution in [-0.4, -0.2) is 21.5 Å². The zero-order chi connectivity index (χ0) is 17.7. The van der Waals surface area contributed by atoms with Gasteiger partial charge in [-0.3, -0.25) is 0 Å². The number of hydrogen-bond donors (Lipinski definition) is 2. The van der Waals surface area contributed by atoms with E-state index in [9.17, 15) is 0 Å². The zero-order valence-corrected chi connectivity index (χ0v) is 14.8. The van der Waals surface area contributed by atoms with Crippen molar-refractivity contribution < 1.29 is 0 Å². The van der Waals surface area contributed by atoms with Crippen molar-refractivity contribution in [2.75, 3.05) is 5.32 Å². The van der Waals surface area contributed by atoms with Crippen LogP contribution in [0.4, 0.5) is 5.69 Å². The van der Waals surface area contributed by atoms with E-state index in [4.69, 9.17) is 10.4 Å². The van der Waals surface area contributed by atoms with Crippen LogP contribution in [0, 0.1) is 11.3 Å². The third-order valence-corrected chi connectivity index (χ3v) is 4.00. The first-order valence-corrected chi connectivity index (χ1v) is 8.14. The Kier molecular flexibility index (Phi) is 5.68. The molecule has 0 unspecified atom stereocenters. The molecule has 2 N–H and O–H groups in total. The van der Waals surface area contributed by atoms with Crippen LogP contribution in [0.25, 0.3) is 12.4 Å². The van der Waals surface area contributed by atoms with Crippen molar-refractivity contribution in [2.24, 2.45) is 10.9 Å². The lowest BCUT2D eigenvalue weighted by Gasteiger charge is -2.11. The highest BCUT2D eigenvalue weighted by Gasteiger charge is 2.08. The molecule has 1 aromatic heterocycles. The van der Waals surface area contributed by atoms with E-state index in [-0.39, 0.29) is 0 Å². The van der Waals surface area contributed by atoms with Gasteiger partial charge in [0.2, 0.25) is 0 Å². The van der Waals surface area contributed by atoms with Crippen LogP contribution in [-0.2, 0) is 6.54 Å². The number of aromatic nitrogens is 2.